The fourth-order valence-electron chi connectivity index (χ4n) is 1.88. The Balaban J connectivity index is 2.90. The summed E-state index contributed by atoms with van der Waals surface area (Å²) in [6, 6.07) is 1.85. The summed E-state index contributed by atoms with van der Waals surface area (Å²) in [6.45, 7) is 8.60. The predicted molar refractivity (Wildman–Crippen MR) is 80.8 cm³/mol. The van der Waals surface area contributed by atoms with Crippen LogP contribution in [0.1, 0.15) is 33.6 Å². The third kappa shape index (κ3) is 4.32. The number of rotatable bonds is 7. The molecule has 102 valence electrons. The molecule has 0 fully saturated rings. The summed E-state index contributed by atoms with van der Waals surface area (Å²) in [5.74, 6) is 1.64. The van der Waals surface area contributed by atoms with Crippen molar-refractivity contribution in [1.29, 1.82) is 0 Å². The first kappa shape index (κ1) is 15.6. The first-order valence-corrected chi connectivity index (χ1v) is 8.08. The maximum atomic E-state index is 6.04. The number of nitrogens with zero attached hydrogens (tertiary/aromatic N) is 3. The van der Waals surface area contributed by atoms with Crippen molar-refractivity contribution in [3.63, 3.8) is 0 Å². The Hall–Kier alpha value is -0.480. The molecule has 0 unspecified atom stereocenters. The standard InChI is InChI=1S/C13H22ClN3S/c1-5-10(6-2)9-17(7-3)12-8-11(14)15-13(16-12)18-4/h8,10H,5-7,9H2,1-4H3. The highest BCUT2D eigenvalue weighted by Crippen LogP contribution is 2.22. The van der Waals surface area contributed by atoms with Gasteiger partial charge in [0.05, 0.1) is 0 Å². The van der Waals surface area contributed by atoms with E-state index in [1.807, 2.05) is 12.3 Å². The molecule has 0 aliphatic rings. The minimum absolute atomic E-state index is 0.521. The Morgan fingerprint density at radius 3 is 2.44 bits per heavy atom. The van der Waals surface area contributed by atoms with Gasteiger partial charge in [-0.1, -0.05) is 50.1 Å². The maximum absolute atomic E-state index is 6.04. The van der Waals surface area contributed by atoms with Gasteiger partial charge in [0.1, 0.15) is 11.0 Å². The molecule has 3 nitrogen and oxygen atoms in total. The number of anilines is 1. The van der Waals surface area contributed by atoms with E-state index in [1.54, 1.807) is 0 Å². The molecule has 0 atom stereocenters. The van der Waals surface area contributed by atoms with Crippen LogP contribution >= 0.6 is 23.4 Å². The number of aromatic nitrogens is 2. The van der Waals surface area contributed by atoms with E-state index >= 15 is 0 Å². The average Bonchev–Trinajstić information content (AvgIpc) is 2.39. The molecule has 5 heteroatoms. The molecule has 0 N–H and O–H groups in total. The smallest absolute Gasteiger partial charge is 0.190 e. The van der Waals surface area contributed by atoms with E-state index in [9.17, 15) is 0 Å². The molecule has 1 rings (SSSR count). The summed E-state index contributed by atoms with van der Waals surface area (Å²) < 4.78 is 0. The Labute approximate surface area is 119 Å². The molecule has 0 amide bonds. The molecule has 0 aliphatic carbocycles. The van der Waals surface area contributed by atoms with Gasteiger partial charge in [-0.05, 0) is 19.1 Å². The van der Waals surface area contributed by atoms with Crippen molar-refractivity contribution >= 4 is 29.2 Å². The van der Waals surface area contributed by atoms with Crippen LogP contribution in [0.5, 0.6) is 0 Å². The molecule has 0 aromatic carbocycles. The molecular weight excluding hydrogens is 266 g/mol. The van der Waals surface area contributed by atoms with Crippen LogP contribution in [0.25, 0.3) is 0 Å². The van der Waals surface area contributed by atoms with Crippen LogP contribution in [0.4, 0.5) is 5.82 Å². The van der Waals surface area contributed by atoms with Gasteiger partial charge in [0, 0.05) is 19.2 Å². The van der Waals surface area contributed by atoms with Crippen molar-refractivity contribution in [3.05, 3.63) is 11.2 Å². The fraction of sp³-hybridized carbons (Fsp3) is 0.692. The third-order valence-corrected chi connectivity index (χ3v) is 3.92. The van der Waals surface area contributed by atoms with Gasteiger partial charge in [0.25, 0.3) is 0 Å². The van der Waals surface area contributed by atoms with Gasteiger partial charge in [0.15, 0.2) is 5.16 Å². The minimum atomic E-state index is 0.521. The van der Waals surface area contributed by atoms with Crippen molar-refractivity contribution in [3.8, 4) is 0 Å². The second kappa shape index (κ2) is 7.85. The topological polar surface area (TPSA) is 29.0 Å². The summed E-state index contributed by atoms with van der Waals surface area (Å²) in [7, 11) is 0. The van der Waals surface area contributed by atoms with Crippen LogP contribution in [-0.4, -0.2) is 29.3 Å². The molecule has 1 aromatic rings. The third-order valence-electron chi connectivity index (χ3n) is 3.18. The molecule has 1 aromatic heterocycles. The van der Waals surface area contributed by atoms with Crippen LogP contribution in [-0.2, 0) is 0 Å². The monoisotopic (exact) mass is 287 g/mol. The zero-order valence-electron chi connectivity index (χ0n) is 11.6. The first-order chi connectivity index (χ1) is 8.64. The second-order valence-electron chi connectivity index (χ2n) is 4.26. The van der Waals surface area contributed by atoms with Gasteiger partial charge in [-0.3, -0.25) is 0 Å². The zero-order valence-corrected chi connectivity index (χ0v) is 13.2. The molecule has 0 aliphatic heterocycles. The normalized spacial score (nSPS) is 11.0. The molecule has 0 saturated heterocycles. The Morgan fingerprint density at radius 2 is 1.94 bits per heavy atom. The summed E-state index contributed by atoms with van der Waals surface area (Å²) >= 11 is 7.57. The lowest BCUT2D eigenvalue weighted by Crippen LogP contribution is -2.29. The van der Waals surface area contributed by atoms with Gasteiger partial charge in [-0.2, -0.15) is 0 Å². The van der Waals surface area contributed by atoms with Gasteiger partial charge >= 0.3 is 0 Å². The Kier molecular flexibility index (Phi) is 6.79. The summed E-state index contributed by atoms with van der Waals surface area (Å²) in [6.07, 6.45) is 4.36. The number of halogens is 1. The summed E-state index contributed by atoms with van der Waals surface area (Å²) in [5, 5.41) is 1.26. The Bertz CT molecular complexity index is 369. The zero-order chi connectivity index (χ0) is 13.5. The van der Waals surface area contributed by atoms with Crippen LogP contribution in [0, 0.1) is 5.92 Å². The van der Waals surface area contributed by atoms with E-state index in [2.05, 4.69) is 35.6 Å². The van der Waals surface area contributed by atoms with Crippen molar-refractivity contribution < 1.29 is 0 Å². The number of thioether (sulfide) groups is 1. The maximum Gasteiger partial charge on any atom is 0.190 e. The van der Waals surface area contributed by atoms with Gasteiger partial charge in [-0.25, -0.2) is 9.97 Å². The van der Waals surface area contributed by atoms with Crippen molar-refractivity contribution in [1.82, 2.24) is 9.97 Å². The molecule has 0 radical (unpaired) electrons. The molecule has 1 heterocycles. The van der Waals surface area contributed by atoms with E-state index in [0.717, 1.165) is 24.1 Å². The van der Waals surface area contributed by atoms with Gasteiger partial charge < -0.3 is 4.90 Å². The lowest BCUT2D eigenvalue weighted by molar-refractivity contribution is 0.484. The van der Waals surface area contributed by atoms with Crippen LogP contribution in [0.3, 0.4) is 0 Å². The molecular formula is C13H22ClN3S. The van der Waals surface area contributed by atoms with E-state index in [0.29, 0.717) is 11.1 Å². The quantitative estimate of drug-likeness (QED) is 0.429. The molecule has 18 heavy (non-hydrogen) atoms. The average molecular weight is 288 g/mol. The lowest BCUT2D eigenvalue weighted by atomic mass is 10.0. The predicted octanol–water partition coefficient (Wildman–Crippen LogP) is 4.11. The van der Waals surface area contributed by atoms with E-state index in [-0.39, 0.29) is 0 Å². The van der Waals surface area contributed by atoms with E-state index in [4.69, 9.17) is 11.6 Å². The summed E-state index contributed by atoms with van der Waals surface area (Å²) in [5.41, 5.74) is 0. The number of hydrogen-bond acceptors (Lipinski definition) is 4. The highest BCUT2D eigenvalue weighted by atomic mass is 35.5. The van der Waals surface area contributed by atoms with Crippen molar-refractivity contribution in [2.24, 2.45) is 5.92 Å². The van der Waals surface area contributed by atoms with Gasteiger partial charge in [0.2, 0.25) is 0 Å². The first-order valence-electron chi connectivity index (χ1n) is 6.48. The molecule has 0 bridgehead atoms. The number of hydrogen-bond donors (Lipinski definition) is 0. The summed E-state index contributed by atoms with van der Waals surface area (Å²) in [4.78, 5) is 11.0. The highest BCUT2D eigenvalue weighted by molar-refractivity contribution is 7.98. The SMILES string of the molecule is CCC(CC)CN(CC)c1cc(Cl)nc(SC)n1. The second-order valence-corrected chi connectivity index (χ2v) is 5.42. The van der Waals surface area contributed by atoms with Crippen molar-refractivity contribution in [2.75, 3.05) is 24.2 Å². The molecule has 0 saturated carbocycles. The highest BCUT2D eigenvalue weighted by Gasteiger charge is 2.13. The van der Waals surface area contributed by atoms with Gasteiger partial charge in [-0.15, -0.1) is 0 Å². The minimum Gasteiger partial charge on any atom is -0.356 e. The van der Waals surface area contributed by atoms with Crippen LogP contribution < -0.4 is 4.90 Å². The van der Waals surface area contributed by atoms with Crippen LogP contribution in [0.2, 0.25) is 5.15 Å². The van der Waals surface area contributed by atoms with Crippen LogP contribution in [0.15, 0.2) is 11.2 Å². The largest absolute Gasteiger partial charge is 0.356 e. The Morgan fingerprint density at radius 1 is 1.28 bits per heavy atom. The molecule has 0 spiro atoms. The van der Waals surface area contributed by atoms with Crippen molar-refractivity contribution in [2.45, 2.75) is 38.8 Å². The van der Waals surface area contributed by atoms with E-state index in [1.165, 1.54) is 24.6 Å². The van der Waals surface area contributed by atoms with E-state index < -0.39 is 0 Å². The lowest BCUT2D eigenvalue weighted by Gasteiger charge is -2.26. The fourth-order valence-corrected chi connectivity index (χ4v) is 2.48.